The van der Waals surface area contributed by atoms with Crippen LogP contribution >= 0.6 is 27.5 Å². The molecule has 0 amide bonds. The van der Waals surface area contributed by atoms with Crippen molar-refractivity contribution in [1.82, 2.24) is 0 Å². The second kappa shape index (κ2) is 5.83. The summed E-state index contributed by atoms with van der Waals surface area (Å²) in [6, 6.07) is 6.11. The minimum Gasteiger partial charge on any atom is -0.369 e. The fraction of sp³-hybridized carbons (Fsp3) is 0.600. The zero-order valence-corrected chi connectivity index (χ0v) is 13.5. The third-order valence-electron chi connectivity index (χ3n) is 3.89. The highest BCUT2D eigenvalue weighted by Gasteiger charge is 2.41. The first kappa shape index (κ1) is 14.2. The van der Waals surface area contributed by atoms with Gasteiger partial charge in [-0.2, -0.15) is 0 Å². The molecular weight excluding hydrogens is 310 g/mol. The Labute approximate surface area is 124 Å². The van der Waals surface area contributed by atoms with Crippen molar-refractivity contribution in [3.05, 3.63) is 27.7 Å². The third kappa shape index (κ3) is 2.70. The number of benzene rings is 1. The molecule has 0 saturated carbocycles. The van der Waals surface area contributed by atoms with Crippen LogP contribution in [0.15, 0.2) is 22.7 Å². The zero-order chi connectivity index (χ0) is 13.2. The summed E-state index contributed by atoms with van der Waals surface area (Å²) in [5, 5.41) is 0.802. The van der Waals surface area contributed by atoms with Crippen LogP contribution in [-0.4, -0.2) is 13.1 Å². The highest BCUT2D eigenvalue weighted by molar-refractivity contribution is 9.10. The quantitative estimate of drug-likeness (QED) is 0.688. The van der Waals surface area contributed by atoms with Crippen molar-refractivity contribution in [3.63, 3.8) is 0 Å². The summed E-state index contributed by atoms with van der Waals surface area (Å²) >= 11 is 9.76. The van der Waals surface area contributed by atoms with Gasteiger partial charge in [-0.3, -0.25) is 0 Å². The summed E-state index contributed by atoms with van der Waals surface area (Å²) < 4.78 is 1.04. The van der Waals surface area contributed by atoms with E-state index in [9.17, 15) is 0 Å². The van der Waals surface area contributed by atoms with Gasteiger partial charge in [-0.1, -0.05) is 44.4 Å². The van der Waals surface area contributed by atoms with Crippen LogP contribution in [-0.2, 0) is 0 Å². The number of halogens is 2. The molecule has 3 heteroatoms. The molecule has 0 bridgehead atoms. The number of nitrogens with zero attached hydrogens (tertiary/aromatic N) is 1. The number of rotatable bonds is 5. The Balaban J connectivity index is 2.09. The second-order valence-corrected chi connectivity index (χ2v) is 6.63. The molecule has 1 heterocycles. The van der Waals surface area contributed by atoms with E-state index in [1.807, 2.05) is 12.1 Å². The van der Waals surface area contributed by atoms with Crippen molar-refractivity contribution in [2.75, 3.05) is 18.0 Å². The Bertz CT molecular complexity index is 405. The van der Waals surface area contributed by atoms with Crippen LogP contribution in [0, 0.1) is 5.41 Å². The van der Waals surface area contributed by atoms with Gasteiger partial charge in [0.25, 0.3) is 0 Å². The van der Waals surface area contributed by atoms with Crippen LogP contribution in [0.3, 0.4) is 0 Å². The van der Waals surface area contributed by atoms with E-state index < -0.39 is 0 Å². The van der Waals surface area contributed by atoms with Crippen molar-refractivity contribution in [2.24, 2.45) is 5.41 Å². The van der Waals surface area contributed by atoms with Gasteiger partial charge in [0.05, 0.1) is 15.2 Å². The fourth-order valence-corrected chi connectivity index (χ4v) is 3.86. The van der Waals surface area contributed by atoms with Crippen LogP contribution < -0.4 is 4.90 Å². The van der Waals surface area contributed by atoms with E-state index in [1.165, 1.54) is 44.5 Å². The van der Waals surface area contributed by atoms with Crippen LogP contribution in [0.2, 0.25) is 5.02 Å². The van der Waals surface area contributed by atoms with Gasteiger partial charge >= 0.3 is 0 Å². The van der Waals surface area contributed by atoms with Gasteiger partial charge in [0.15, 0.2) is 0 Å². The molecule has 0 aliphatic carbocycles. The normalized spacial score (nSPS) is 17.7. The van der Waals surface area contributed by atoms with Crippen LogP contribution in [0.4, 0.5) is 5.69 Å². The lowest BCUT2D eigenvalue weighted by molar-refractivity contribution is 0.173. The van der Waals surface area contributed by atoms with E-state index in [2.05, 4.69) is 40.7 Å². The van der Waals surface area contributed by atoms with Gasteiger partial charge in [0.1, 0.15) is 0 Å². The maximum atomic E-state index is 6.16. The van der Waals surface area contributed by atoms with Gasteiger partial charge in [-0.05, 0) is 40.9 Å². The SMILES string of the molecule is CCCC1(CCC)CN(c2cccc(Cl)c2Br)C1. The number of hydrogen-bond acceptors (Lipinski definition) is 1. The summed E-state index contributed by atoms with van der Waals surface area (Å²) in [6.45, 7) is 6.92. The van der Waals surface area contributed by atoms with E-state index in [4.69, 9.17) is 11.6 Å². The molecule has 2 rings (SSSR count). The summed E-state index contributed by atoms with van der Waals surface area (Å²) in [5.41, 5.74) is 1.79. The average Bonchev–Trinajstić information content (AvgIpc) is 2.30. The maximum Gasteiger partial charge on any atom is 0.0595 e. The molecule has 0 spiro atoms. The minimum absolute atomic E-state index is 0.547. The molecule has 0 N–H and O–H groups in total. The molecular formula is C15H21BrClN. The lowest BCUT2D eigenvalue weighted by atomic mass is 9.72. The lowest BCUT2D eigenvalue weighted by Gasteiger charge is -2.52. The Kier molecular flexibility index (Phi) is 4.60. The van der Waals surface area contributed by atoms with Gasteiger partial charge < -0.3 is 4.90 Å². The second-order valence-electron chi connectivity index (χ2n) is 5.43. The smallest absolute Gasteiger partial charge is 0.0595 e. The highest BCUT2D eigenvalue weighted by Crippen LogP contribution is 2.44. The molecule has 1 fully saturated rings. The van der Waals surface area contributed by atoms with Gasteiger partial charge in [-0.15, -0.1) is 0 Å². The first-order valence-corrected chi connectivity index (χ1v) is 7.98. The molecule has 1 aromatic rings. The van der Waals surface area contributed by atoms with Crippen molar-refractivity contribution in [2.45, 2.75) is 39.5 Å². The zero-order valence-electron chi connectivity index (χ0n) is 11.2. The third-order valence-corrected chi connectivity index (χ3v) is 5.26. The summed E-state index contributed by atoms with van der Waals surface area (Å²) in [5.74, 6) is 0. The average molecular weight is 331 g/mol. The predicted molar refractivity (Wildman–Crippen MR) is 83.6 cm³/mol. The molecule has 1 aromatic carbocycles. The monoisotopic (exact) mass is 329 g/mol. The molecule has 1 nitrogen and oxygen atoms in total. The molecule has 100 valence electrons. The lowest BCUT2D eigenvalue weighted by Crippen LogP contribution is -2.56. The van der Waals surface area contributed by atoms with Crippen LogP contribution in [0.1, 0.15) is 39.5 Å². The summed E-state index contributed by atoms with van der Waals surface area (Å²) in [6.07, 6.45) is 5.25. The standard InChI is InChI=1S/C15H21BrClN/c1-3-8-15(9-4-2)10-18(11-15)13-7-5-6-12(17)14(13)16/h5-7H,3-4,8-11H2,1-2H3. The van der Waals surface area contributed by atoms with E-state index in [0.29, 0.717) is 5.41 Å². The van der Waals surface area contributed by atoms with Crippen molar-refractivity contribution >= 4 is 33.2 Å². The first-order valence-electron chi connectivity index (χ1n) is 6.81. The largest absolute Gasteiger partial charge is 0.369 e. The molecule has 1 aliphatic heterocycles. The molecule has 0 unspecified atom stereocenters. The molecule has 0 radical (unpaired) electrons. The van der Waals surface area contributed by atoms with Crippen molar-refractivity contribution in [3.8, 4) is 0 Å². The number of hydrogen-bond donors (Lipinski definition) is 0. The Morgan fingerprint density at radius 2 is 1.83 bits per heavy atom. The van der Waals surface area contributed by atoms with E-state index in [1.54, 1.807) is 0 Å². The Morgan fingerprint density at radius 3 is 2.39 bits per heavy atom. The van der Waals surface area contributed by atoms with Crippen molar-refractivity contribution in [1.29, 1.82) is 0 Å². The summed E-state index contributed by atoms with van der Waals surface area (Å²) in [4.78, 5) is 2.45. The minimum atomic E-state index is 0.547. The molecule has 0 aromatic heterocycles. The Morgan fingerprint density at radius 1 is 1.22 bits per heavy atom. The molecule has 1 aliphatic rings. The van der Waals surface area contributed by atoms with Crippen LogP contribution in [0.5, 0.6) is 0 Å². The van der Waals surface area contributed by atoms with E-state index in [-0.39, 0.29) is 0 Å². The molecule has 1 saturated heterocycles. The first-order chi connectivity index (χ1) is 8.62. The predicted octanol–water partition coefficient (Wildman–Crippen LogP) is 5.51. The van der Waals surface area contributed by atoms with E-state index >= 15 is 0 Å². The number of anilines is 1. The van der Waals surface area contributed by atoms with Gasteiger partial charge in [0, 0.05) is 18.5 Å². The van der Waals surface area contributed by atoms with Crippen LogP contribution in [0.25, 0.3) is 0 Å². The fourth-order valence-electron chi connectivity index (χ4n) is 3.17. The summed E-state index contributed by atoms with van der Waals surface area (Å²) in [7, 11) is 0. The maximum absolute atomic E-state index is 6.16. The van der Waals surface area contributed by atoms with Gasteiger partial charge in [0.2, 0.25) is 0 Å². The Hall–Kier alpha value is -0.210. The molecule has 0 atom stereocenters. The van der Waals surface area contributed by atoms with E-state index in [0.717, 1.165) is 9.50 Å². The van der Waals surface area contributed by atoms with Crippen molar-refractivity contribution < 1.29 is 0 Å². The topological polar surface area (TPSA) is 3.24 Å². The highest BCUT2D eigenvalue weighted by atomic mass is 79.9. The van der Waals surface area contributed by atoms with Gasteiger partial charge in [-0.25, -0.2) is 0 Å². The molecule has 18 heavy (non-hydrogen) atoms.